The zero-order chi connectivity index (χ0) is 23.5. The zero-order valence-corrected chi connectivity index (χ0v) is 19.5. The molecule has 7 nitrogen and oxygen atoms in total. The van der Waals surface area contributed by atoms with Crippen LogP contribution < -0.4 is 10.1 Å². The van der Waals surface area contributed by atoms with Crippen molar-refractivity contribution in [2.24, 2.45) is 0 Å². The number of fused-ring (bicyclic) bond motifs is 1. The molecule has 3 heterocycles. The Bertz CT molecular complexity index is 1280. The lowest BCUT2D eigenvalue weighted by molar-refractivity contribution is 0.274. The molecule has 0 aliphatic carbocycles. The van der Waals surface area contributed by atoms with E-state index in [0.29, 0.717) is 22.9 Å². The fourth-order valence-corrected chi connectivity index (χ4v) is 4.38. The smallest absolute Gasteiger partial charge is 0.171 e. The molecule has 1 N–H and O–H groups in total. The third kappa shape index (κ3) is 4.73. The molecular weight excluding hydrogens is 455 g/mol. The van der Waals surface area contributed by atoms with Crippen LogP contribution in [-0.2, 0) is 32.7 Å². The zero-order valence-electron chi connectivity index (χ0n) is 18.7. The number of methoxy groups -OCH3 is 1. The minimum atomic E-state index is -0.467. The molecule has 0 atom stereocenters. The van der Waals surface area contributed by atoms with Crippen molar-refractivity contribution in [1.29, 1.82) is 0 Å². The second-order valence-corrected chi connectivity index (χ2v) is 8.62. The summed E-state index contributed by atoms with van der Waals surface area (Å²) < 4.78 is 21.6. The van der Waals surface area contributed by atoms with Crippen molar-refractivity contribution in [3.63, 3.8) is 0 Å². The van der Waals surface area contributed by atoms with Crippen molar-refractivity contribution in [3.8, 4) is 5.75 Å². The number of rotatable bonds is 8. The Morgan fingerprint density at radius 3 is 2.59 bits per heavy atom. The van der Waals surface area contributed by atoms with Crippen molar-refractivity contribution in [1.82, 2.24) is 24.6 Å². The molecule has 34 heavy (non-hydrogen) atoms. The molecule has 0 saturated heterocycles. The number of aromatic nitrogens is 4. The number of hydrogen-bond acceptors (Lipinski definition) is 6. The van der Waals surface area contributed by atoms with Crippen LogP contribution in [0.25, 0.3) is 0 Å². The SMILES string of the molecule is COc1ccc(Cl)c(CNc2ncnc3c2CN(Cc2ccc(Cn4cccn4)cc2)C3)c1F. The molecule has 2 aromatic carbocycles. The van der Waals surface area contributed by atoms with Gasteiger partial charge in [-0.15, -0.1) is 0 Å². The molecule has 9 heteroatoms. The molecule has 0 spiro atoms. The normalized spacial score (nSPS) is 13.1. The lowest BCUT2D eigenvalue weighted by Gasteiger charge is -2.15. The molecular formula is C25H24ClFN6O. The monoisotopic (exact) mass is 478 g/mol. The fraction of sp³-hybridized carbons (Fsp3) is 0.240. The molecule has 0 amide bonds. The third-order valence-corrected chi connectivity index (χ3v) is 6.28. The molecule has 2 aromatic heterocycles. The van der Waals surface area contributed by atoms with E-state index in [1.807, 2.05) is 16.9 Å². The number of nitrogens with one attached hydrogen (secondary N) is 1. The van der Waals surface area contributed by atoms with Gasteiger partial charge in [-0.1, -0.05) is 35.9 Å². The third-order valence-electron chi connectivity index (χ3n) is 5.93. The molecule has 0 fully saturated rings. The Hall–Kier alpha value is -3.49. The fourth-order valence-electron chi connectivity index (χ4n) is 4.16. The maximum Gasteiger partial charge on any atom is 0.171 e. The highest BCUT2D eigenvalue weighted by molar-refractivity contribution is 6.31. The first-order valence-electron chi connectivity index (χ1n) is 11.0. The van der Waals surface area contributed by atoms with E-state index in [1.54, 1.807) is 12.3 Å². The van der Waals surface area contributed by atoms with Crippen molar-refractivity contribution >= 4 is 17.4 Å². The first kappa shape index (κ1) is 22.3. The molecule has 1 aliphatic rings. The number of anilines is 1. The number of halogens is 2. The number of ether oxygens (including phenoxy) is 1. The molecule has 0 radical (unpaired) electrons. The van der Waals surface area contributed by atoms with E-state index in [1.165, 1.54) is 30.6 Å². The van der Waals surface area contributed by atoms with Gasteiger partial charge in [0.25, 0.3) is 0 Å². The second kappa shape index (κ2) is 9.79. The maximum absolute atomic E-state index is 14.7. The Morgan fingerprint density at radius 1 is 1.06 bits per heavy atom. The van der Waals surface area contributed by atoms with Gasteiger partial charge in [-0.3, -0.25) is 9.58 Å². The van der Waals surface area contributed by atoms with Crippen LogP contribution in [0.1, 0.15) is 27.9 Å². The van der Waals surface area contributed by atoms with E-state index in [4.69, 9.17) is 16.3 Å². The van der Waals surface area contributed by atoms with Crippen LogP contribution in [0.2, 0.25) is 5.02 Å². The summed E-state index contributed by atoms with van der Waals surface area (Å²) in [6, 6.07) is 13.7. The van der Waals surface area contributed by atoms with Crippen molar-refractivity contribution in [3.05, 3.63) is 100.0 Å². The second-order valence-electron chi connectivity index (χ2n) is 8.21. The lowest BCUT2D eigenvalue weighted by Crippen LogP contribution is -2.16. The van der Waals surface area contributed by atoms with E-state index >= 15 is 0 Å². The summed E-state index contributed by atoms with van der Waals surface area (Å²) in [4.78, 5) is 11.2. The Kier molecular flexibility index (Phi) is 6.42. The molecule has 0 saturated carbocycles. The number of benzene rings is 2. The van der Waals surface area contributed by atoms with E-state index in [9.17, 15) is 4.39 Å². The average molecular weight is 479 g/mol. The van der Waals surface area contributed by atoms with E-state index in [2.05, 4.69) is 49.5 Å². The number of hydrogen-bond donors (Lipinski definition) is 1. The molecule has 174 valence electrons. The van der Waals surface area contributed by atoms with Crippen molar-refractivity contribution in [2.75, 3.05) is 12.4 Å². The minimum absolute atomic E-state index is 0.163. The predicted octanol–water partition coefficient (Wildman–Crippen LogP) is 4.65. The van der Waals surface area contributed by atoms with Crippen LogP contribution >= 0.6 is 11.6 Å². The van der Waals surface area contributed by atoms with Crippen molar-refractivity contribution < 1.29 is 9.13 Å². The highest BCUT2D eigenvalue weighted by atomic mass is 35.5. The van der Waals surface area contributed by atoms with Gasteiger partial charge in [0.2, 0.25) is 0 Å². The first-order valence-corrected chi connectivity index (χ1v) is 11.3. The van der Waals surface area contributed by atoms with E-state index in [-0.39, 0.29) is 12.3 Å². The van der Waals surface area contributed by atoms with Gasteiger partial charge < -0.3 is 10.1 Å². The van der Waals surface area contributed by atoms with Crippen LogP contribution in [-0.4, -0.2) is 31.8 Å². The highest BCUT2D eigenvalue weighted by Gasteiger charge is 2.24. The van der Waals surface area contributed by atoms with Gasteiger partial charge in [-0.2, -0.15) is 5.10 Å². The largest absolute Gasteiger partial charge is 0.494 e. The Labute approximate surface area is 202 Å². The summed E-state index contributed by atoms with van der Waals surface area (Å²) >= 11 is 6.22. The minimum Gasteiger partial charge on any atom is -0.494 e. The summed E-state index contributed by atoms with van der Waals surface area (Å²) in [6.07, 6.45) is 5.28. The molecule has 4 aromatic rings. The van der Waals surface area contributed by atoms with Gasteiger partial charge >= 0.3 is 0 Å². The highest BCUT2D eigenvalue weighted by Crippen LogP contribution is 2.30. The van der Waals surface area contributed by atoms with Crippen LogP contribution in [0.5, 0.6) is 5.75 Å². The van der Waals surface area contributed by atoms with Crippen LogP contribution in [0.15, 0.2) is 61.2 Å². The average Bonchev–Trinajstić information content (AvgIpc) is 3.50. The van der Waals surface area contributed by atoms with Gasteiger partial charge in [0.1, 0.15) is 12.1 Å². The van der Waals surface area contributed by atoms with Crippen LogP contribution in [0, 0.1) is 5.82 Å². The Morgan fingerprint density at radius 2 is 1.85 bits per heavy atom. The summed E-state index contributed by atoms with van der Waals surface area (Å²) in [5.74, 6) is 0.391. The standard InChI is InChI=1S/C25H24ClFN6O/c1-34-23-8-7-21(26)19(24(23)27)11-28-25-20-14-32(15-22(20)29-16-30-25)12-17-3-5-18(6-4-17)13-33-10-2-9-31-33/h2-10,16H,11-15H2,1H3,(H,28,29,30). The summed E-state index contributed by atoms with van der Waals surface area (Å²) in [6.45, 7) is 3.19. The van der Waals surface area contributed by atoms with Gasteiger partial charge in [0.05, 0.1) is 19.3 Å². The van der Waals surface area contributed by atoms with Gasteiger partial charge in [-0.05, 0) is 29.3 Å². The molecule has 5 rings (SSSR count). The predicted molar refractivity (Wildman–Crippen MR) is 128 cm³/mol. The Balaban J connectivity index is 1.24. The van der Waals surface area contributed by atoms with Crippen LogP contribution in [0.3, 0.4) is 0 Å². The number of nitrogens with zero attached hydrogens (tertiary/aromatic N) is 5. The summed E-state index contributed by atoms with van der Waals surface area (Å²) in [5.41, 5.74) is 4.78. The van der Waals surface area contributed by atoms with Gasteiger partial charge in [0, 0.05) is 54.7 Å². The summed E-state index contributed by atoms with van der Waals surface area (Å²) in [7, 11) is 1.43. The lowest BCUT2D eigenvalue weighted by atomic mass is 10.1. The molecule has 1 aliphatic heterocycles. The topological polar surface area (TPSA) is 68.1 Å². The van der Waals surface area contributed by atoms with E-state index in [0.717, 1.165) is 30.9 Å². The quantitative estimate of drug-likeness (QED) is 0.397. The summed E-state index contributed by atoms with van der Waals surface area (Å²) in [5, 5.41) is 7.84. The first-order chi connectivity index (χ1) is 16.6. The maximum atomic E-state index is 14.7. The van der Waals surface area contributed by atoms with E-state index < -0.39 is 5.82 Å². The van der Waals surface area contributed by atoms with Gasteiger partial charge in [0.15, 0.2) is 11.6 Å². The van der Waals surface area contributed by atoms with Crippen LogP contribution in [0.4, 0.5) is 10.2 Å². The molecule has 0 unspecified atom stereocenters. The van der Waals surface area contributed by atoms with Crippen molar-refractivity contribution in [2.45, 2.75) is 32.7 Å². The molecule has 0 bridgehead atoms. The van der Waals surface area contributed by atoms with Gasteiger partial charge in [-0.25, -0.2) is 14.4 Å².